The van der Waals surface area contributed by atoms with Gasteiger partial charge in [0.2, 0.25) is 0 Å². The first-order valence-electron chi connectivity index (χ1n) is 10.8. The van der Waals surface area contributed by atoms with Crippen LogP contribution in [0.5, 0.6) is 0 Å². The molecule has 3 aromatic rings. The molecule has 0 aliphatic carbocycles. The van der Waals surface area contributed by atoms with Gasteiger partial charge in [0.25, 0.3) is 0 Å². The van der Waals surface area contributed by atoms with E-state index in [0.717, 1.165) is 46.2 Å². The van der Waals surface area contributed by atoms with Gasteiger partial charge in [-0.2, -0.15) is 9.61 Å². The quantitative estimate of drug-likeness (QED) is 0.442. The highest BCUT2D eigenvalue weighted by Gasteiger charge is 2.21. The Kier molecular flexibility index (Phi) is 6.96. The zero-order valence-corrected chi connectivity index (χ0v) is 20.0. The fourth-order valence-corrected chi connectivity index (χ4v) is 4.75. The fourth-order valence-electron chi connectivity index (χ4n) is 4.17. The molecule has 1 aromatic carbocycles. The van der Waals surface area contributed by atoms with Crippen molar-refractivity contribution in [1.82, 2.24) is 19.5 Å². The Morgan fingerprint density at radius 1 is 1.33 bits per heavy atom. The van der Waals surface area contributed by atoms with E-state index in [2.05, 4.69) is 45.1 Å². The zero-order valence-electron chi connectivity index (χ0n) is 17.6. The third kappa shape index (κ3) is 4.82. The third-order valence-electron chi connectivity index (χ3n) is 6.02. The van der Waals surface area contributed by atoms with Crippen LogP contribution in [0, 0.1) is 11.8 Å². The second-order valence-corrected chi connectivity index (χ2v) is 9.66. The summed E-state index contributed by atoms with van der Waals surface area (Å²) >= 11 is 10.0. The van der Waals surface area contributed by atoms with Crippen LogP contribution in [-0.2, 0) is 0 Å². The maximum atomic E-state index is 6.44. The van der Waals surface area contributed by atoms with Crippen molar-refractivity contribution >= 4 is 39.0 Å². The fraction of sp³-hybridized carbons (Fsp3) is 0.478. The molecule has 0 bridgehead atoms. The van der Waals surface area contributed by atoms with Gasteiger partial charge < -0.3 is 10.2 Å². The minimum Gasteiger partial charge on any atom is -0.370 e. The largest absolute Gasteiger partial charge is 0.370 e. The Balaban J connectivity index is 1.54. The van der Waals surface area contributed by atoms with Gasteiger partial charge in [-0.25, -0.2) is 4.98 Å². The van der Waals surface area contributed by atoms with Crippen LogP contribution in [0.3, 0.4) is 0 Å². The van der Waals surface area contributed by atoms with Crippen molar-refractivity contribution in [3.05, 3.63) is 46.0 Å². The average molecular weight is 491 g/mol. The molecule has 1 saturated heterocycles. The molecule has 0 saturated carbocycles. The second kappa shape index (κ2) is 9.67. The van der Waals surface area contributed by atoms with Gasteiger partial charge in [0.1, 0.15) is 5.82 Å². The number of aromatic nitrogens is 3. The van der Waals surface area contributed by atoms with Gasteiger partial charge in [0.15, 0.2) is 5.65 Å². The number of piperidine rings is 1. The van der Waals surface area contributed by atoms with Gasteiger partial charge in [-0.3, -0.25) is 0 Å². The number of halogens is 2. The lowest BCUT2D eigenvalue weighted by Crippen LogP contribution is -2.40. The predicted octanol–water partition coefficient (Wildman–Crippen LogP) is 5.98. The number of benzene rings is 1. The van der Waals surface area contributed by atoms with E-state index in [-0.39, 0.29) is 0 Å². The average Bonchev–Trinajstić information content (AvgIpc) is 3.13. The number of nitrogens with one attached hydrogen (secondary N) is 1. The zero-order chi connectivity index (χ0) is 21.1. The van der Waals surface area contributed by atoms with Crippen molar-refractivity contribution in [2.75, 3.05) is 31.5 Å². The molecule has 4 rings (SSSR count). The van der Waals surface area contributed by atoms with Crippen molar-refractivity contribution in [2.24, 2.45) is 11.8 Å². The molecule has 7 heteroatoms. The first-order chi connectivity index (χ1) is 14.5. The van der Waals surface area contributed by atoms with Crippen LogP contribution in [0.4, 0.5) is 5.82 Å². The van der Waals surface area contributed by atoms with Crippen LogP contribution in [-0.4, -0.2) is 45.7 Å². The number of likely N-dealkylation sites (tertiary alicyclic amines) is 1. The molecular weight excluding hydrogens is 462 g/mol. The van der Waals surface area contributed by atoms with Gasteiger partial charge >= 0.3 is 0 Å². The number of hydrogen-bond acceptors (Lipinski definition) is 4. The molecule has 30 heavy (non-hydrogen) atoms. The number of nitrogens with zero attached hydrogens (tertiary/aromatic N) is 4. The minimum absolute atomic E-state index is 0.633. The maximum Gasteiger partial charge on any atom is 0.172 e. The van der Waals surface area contributed by atoms with Gasteiger partial charge in [-0.05, 0) is 53.2 Å². The lowest BCUT2D eigenvalue weighted by Gasteiger charge is -2.34. The third-order valence-corrected chi connectivity index (χ3v) is 6.91. The molecular formula is C23H29BrClN5. The Bertz CT molecular complexity index is 1000. The van der Waals surface area contributed by atoms with Crippen molar-refractivity contribution in [3.8, 4) is 11.3 Å². The number of fused-ring (bicyclic) bond motifs is 1. The van der Waals surface area contributed by atoms with Crippen molar-refractivity contribution in [3.63, 3.8) is 0 Å². The van der Waals surface area contributed by atoms with Crippen LogP contribution in [0.25, 0.3) is 16.9 Å². The summed E-state index contributed by atoms with van der Waals surface area (Å²) in [4.78, 5) is 7.43. The van der Waals surface area contributed by atoms with E-state index in [1.54, 1.807) is 6.20 Å². The summed E-state index contributed by atoms with van der Waals surface area (Å²) in [5.74, 6) is 2.34. The Labute approximate surface area is 192 Å². The van der Waals surface area contributed by atoms with Gasteiger partial charge in [-0.15, -0.1) is 0 Å². The summed E-state index contributed by atoms with van der Waals surface area (Å²) in [6.45, 7) is 9.14. The van der Waals surface area contributed by atoms with E-state index in [9.17, 15) is 0 Å². The normalized spacial score (nSPS) is 18.6. The highest BCUT2D eigenvalue weighted by Crippen LogP contribution is 2.30. The van der Waals surface area contributed by atoms with Crippen LogP contribution >= 0.6 is 27.5 Å². The molecule has 1 aliphatic rings. The molecule has 1 fully saturated rings. The van der Waals surface area contributed by atoms with Crippen LogP contribution in [0.1, 0.15) is 33.1 Å². The molecule has 2 atom stereocenters. The number of anilines is 1. The highest BCUT2D eigenvalue weighted by atomic mass is 79.9. The Hall–Kier alpha value is -1.63. The Morgan fingerprint density at radius 3 is 2.97 bits per heavy atom. The monoisotopic (exact) mass is 489 g/mol. The van der Waals surface area contributed by atoms with E-state index >= 15 is 0 Å². The minimum atomic E-state index is 0.633. The molecule has 5 nitrogen and oxygen atoms in total. The van der Waals surface area contributed by atoms with Crippen LogP contribution in [0.2, 0.25) is 5.02 Å². The first-order valence-corrected chi connectivity index (χ1v) is 12.0. The standard InChI is InChI=1S/C23H29BrClN5/c1-3-16(2)14-29-10-6-7-17(15-29)12-26-22-11-21(18-8-4-5-9-20(18)25)28-23-19(24)13-27-30(22)23/h4-5,8-9,11,13,16-17,26H,3,6-7,10,12,14-15H2,1-2H3. The molecule has 160 valence electrons. The number of hydrogen-bond donors (Lipinski definition) is 1. The first kappa shape index (κ1) is 21.6. The molecule has 2 aromatic heterocycles. The Morgan fingerprint density at radius 2 is 2.17 bits per heavy atom. The van der Waals surface area contributed by atoms with E-state index in [1.165, 1.54) is 32.4 Å². The van der Waals surface area contributed by atoms with Crippen molar-refractivity contribution < 1.29 is 0 Å². The molecule has 3 heterocycles. The molecule has 1 N–H and O–H groups in total. The molecule has 1 aliphatic heterocycles. The van der Waals surface area contributed by atoms with Gasteiger partial charge in [-0.1, -0.05) is 50.1 Å². The smallest absolute Gasteiger partial charge is 0.172 e. The van der Waals surface area contributed by atoms with Crippen molar-refractivity contribution in [1.29, 1.82) is 0 Å². The van der Waals surface area contributed by atoms with E-state index in [1.807, 2.05) is 34.8 Å². The summed E-state index contributed by atoms with van der Waals surface area (Å²) in [6.07, 6.45) is 5.57. The van der Waals surface area contributed by atoms with E-state index < -0.39 is 0 Å². The van der Waals surface area contributed by atoms with Gasteiger partial charge in [0.05, 0.1) is 16.4 Å². The van der Waals surface area contributed by atoms with Gasteiger partial charge in [0, 0.05) is 36.3 Å². The summed E-state index contributed by atoms with van der Waals surface area (Å²) in [6, 6.07) is 9.87. The number of rotatable bonds is 7. The summed E-state index contributed by atoms with van der Waals surface area (Å²) in [5.41, 5.74) is 2.56. The summed E-state index contributed by atoms with van der Waals surface area (Å²) in [5, 5.41) is 8.86. The SMILES string of the molecule is CCC(C)CN1CCCC(CNc2cc(-c3ccccc3Cl)nc3c(Br)cnn23)C1. The lowest BCUT2D eigenvalue weighted by molar-refractivity contribution is 0.158. The maximum absolute atomic E-state index is 6.44. The molecule has 0 spiro atoms. The topological polar surface area (TPSA) is 45.5 Å². The molecule has 0 radical (unpaired) electrons. The second-order valence-electron chi connectivity index (χ2n) is 8.40. The van der Waals surface area contributed by atoms with E-state index in [0.29, 0.717) is 10.9 Å². The predicted molar refractivity (Wildman–Crippen MR) is 128 cm³/mol. The molecule has 0 amide bonds. The highest BCUT2D eigenvalue weighted by molar-refractivity contribution is 9.10. The molecule has 2 unspecified atom stereocenters. The van der Waals surface area contributed by atoms with Crippen LogP contribution < -0.4 is 5.32 Å². The van der Waals surface area contributed by atoms with Crippen molar-refractivity contribution in [2.45, 2.75) is 33.1 Å². The summed E-state index contributed by atoms with van der Waals surface area (Å²) < 4.78 is 2.74. The van der Waals surface area contributed by atoms with Crippen LogP contribution in [0.15, 0.2) is 41.0 Å². The summed E-state index contributed by atoms with van der Waals surface area (Å²) in [7, 11) is 0. The lowest BCUT2D eigenvalue weighted by atomic mass is 9.96. The van der Waals surface area contributed by atoms with E-state index in [4.69, 9.17) is 16.6 Å².